The van der Waals surface area contributed by atoms with Crippen LogP contribution in [0.25, 0.3) is 11.0 Å². The smallest absolute Gasteiger partial charge is 0.204 e. The summed E-state index contributed by atoms with van der Waals surface area (Å²) < 4.78 is 7.22. The van der Waals surface area contributed by atoms with Crippen LogP contribution in [0, 0.1) is 6.92 Å². The third-order valence-electron chi connectivity index (χ3n) is 5.37. The highest BCUT2D eigenvalue weighted by Crippen LogP contribution is 2.25. The number of aliphatic hydroxyl groups excluding tert-OH is 1. The van der Waals surface area contributed by atoms with E-state index in [1.165, 1.54) is 0 Å². The Balaban J connectivity index is 1.58. The van der Waals surface area contributed by atoms with Crippen LogP contribution in [0.5, 0.6) is 5.75 Å². The van der Waals surface area contributed by atoms with E-state index in [-0.39, 0.29) is 12.3 Å². The first-order chi connectivity index (χ1) is 15.0. The first kappa shape index (κ1) is 21.2. The lowest BCUT2D eigenvalue weighted by Gasteiger charge is -2.28. The van der Waals surface area contributed by atoms with Crippen molar-refractivity contribution >= 4 is 23.3 Å². The number of morpholine rings is 1. The number of carbonyl (C=O) groups is 1. The normalized spacial score (nSPS) is 15.8. The number of aldehydes is 1. The van der Waals surface area contributed by atoms with E-state index in [0.717, 1.165) is 30.6 Å². The largest absolute Gasteiger partial charge is 0.506 e. The first-order valence-corrected chi connectivity index (χ1v) is 10.4. The number of β-amino-alcohol motifs (C(OH)–C–C–N with tert-alkyl or cyclic N) is 1. The average molecular weight is 425 g/mol. The number of anilines is 1. The Bertz CT molecular complexity index is 1060. The molecule has 4 rings (SSSR count). The molecule has 0 radical (unpaired) electrons. The van der Waals surface area contributed by atoms with E-state index in [1.807, 2.05) is 11.5 Å². The molecule has 31 heavy (non-hydrogen) atoms. The van der Waals surface area contributed by atoms with Gasteiger partial charge < -0.3 is 24.8 Å². The van der Waals surface area contributed by atoms with Crippen LogP contribution in [0.2, 0.25) is 0 Å². The molecule has 3 N–H and O–H groups in total. The van der Waals surface area contributed by atoms with Crippen molar-refractivity contribution in [3.05, 3.63) is 47.3 Å². The van der Waals surface area contributed by atoms with Gasteiger partial charge in [0.1, 0.15) is 17.7 Å². The second-order valence-electron chi connectivity index (χ2n) is 7.75. The number of nitrogens with one attached hydrogen (secondary N) is 1. The number of aromatic hydroxyl groups is 1. The van der Waals surface area contributed by atoms with Crippen molar-refractivity contribution in [2.45, 2.75) is 19.6 Å². The number of ether oxygens (including phenoxy) is 1. The maximum atomic E-state index is 11.3. The highest BCUT2D eigenvalue weighted by Gasteiger charge is 2.18. The number of fused-ring (bicyclic) bond motifs is 1. The Hall–Kier alpha value is -3.01. The number of aromatic nitrogens is 3. The Morgan fingerprint density at radius 2 is 2.03 bits per heavy atom. The summed E-state index contributed by atoms with van der Waals surface area (Å²) in [6.07, 6.45) is 0.209. The van der Waals surface area contributed by atoms with Gasteiger partial charge >= 0.3 is 0 Å². The number of pyridine rings is 1. The van der Waals surface area contributed by atoms with Gasteiger partial charge in [-0.05, 0) is 37.3 Å². The summed E-state index contributed by atoms with van der Waals surface area (Å²) in [5, 5.41) is 24.0. The molecule has 0 bridgehead atoms. The number of benzene rings is 1. The third-order valence-corrected chi connectivity index (χ3v) is 5.37. The maximum absolute atomic E-state index is 11.3. The second-order valence-corrected chi connectivity index (χ2v) is 7.75. The van der Waals surface area contributed by atoms with E-state index in [4.69, 9.17) is 4.74 Å². The van der Waals surface area contributed by atoms with E-state index < -0.39 is 6.10 Å². The molecule has 1 aliphatic rings. The molecule has 3 aromatic rings. The molecule has 1 fully saturated rings. The van der Waals surface area contributed by atoms with Crippen molar-refractivity contribution in [1.82, 2.24) is 19.4 Å². The fourth-order valence-electron chi connectivity index (χ4n) is 3.73. The SMILES string of the molecule is Cc1ccc(O)c(Cn2c(NCC(O)CN3CCOCC3)nc3ccc(C=O)cc32)n1. The number of hydrogen-bond donors (Lipinski definition) is 3. The van der Waals surface area contributed by atoms with Crippen molar-refractivity contribution in [3.8, 4) is 5.75 Å². The molecule has 2 aromatic heterocycles. The van der Waals surface area contributed by atoms with E-state index in [1.54, 1.807) is 30.3 Å². The monoisotopic (exact) mass is 425 g/mol. The van der Waals surface area contributed by atoms with Crippen molar-refractivity contribution in [1.29, 1.82) is 0 Å². The minimum Gasteiger partial charge on any atom is -0.506 e. The lowest BCUT2D eigenvalue weighted by atomic mass is 10.2. The Morgan fingerprint density at radius 3 is 2.81 bits per heavy atom. The van der Waals surface area contributed by atoms with Crippen LogP contribution in [-0.2, 0) is 11.3 Å². The average Bonchev–Trinajstić information content (AvgIpc) is 3.12. The molecule has 1 unspecified atom stereocenters. The van der Waals surface area contributed by atoms with Gasteiger partial charge in [-0.3, -0.25) is 14.7 Å². The van der Waals surface area contributed by atoms with Gasteiger partial charge in [0.05, 0.1) is 36.9 Å². The van der Waals surface area contributed by atoms with E-state index in [2.05, 4.69) is 20.2 Å². The van der Waals surface area contributed by atoms with Gasteiger partial charge in [0.25, 0.3) is 0 Å². The standard InChI is InChI=1S/C22H27N5O4/c1-15-2-5-21(30)19(24-15)13-27-20-10-16(14-28)3-4-18(20)25-22(27)23-11-17(29)12-26-6-8-31-9-7-26/h2-5,10,14,17,29-30H,6-9,11-13H2,1H3,(H,23,25). The van der Waals surface area contributed by atoms with E-state index >= 15 is 0 Å². The molecule has 1 aliphatic heterocycles. The van der Waals surface area contributed by atoms with Crippen LogP contribution in [0.15, 0.2) is 30.3 Å². The van der Waals surface area contributed by atoms with E-state index in [0.29, 0.717) is 49.0 Å². The zero-order chi connectivity index (χ0) is 21.8. The number of aliphatic hydroxyl groups is 1. The molecule has 0 spiro atoms. The van der Waals surface area contributed by atoms with Crippen molar-refractivity contribution in [2.75, 3.05) is 44.7 Å². The summed E-state index contributed by atoms with van der Waals surface area (Å²) in [7, 11) is 0. The lowest BCUT2D eigenvalue weighted by Crippen LogP contribution is -2.42. The highest BCUT2D eigenvalue weighted by atomic mass is 16.5. The number of carbonyl (C=O) groups excluding carboxylic acids is 1. The van der Waals surface area contributed by atoms with Gasteiger partial charge in [0.15, 0.2) is 0 Å². The Morgan fingerprint density at radius 1 is 1.23 bits per heavy atom. The summed E-state index contributed by atoms with van der Waals surface area (Å²) in [6, 6.07) is 8.63. The molecule has 9 nitrogen and oxygen atoms in total. The molecule has 9 heteroatoms. The summed E-state index contributed by atoms with van der Waals surface area (Å²) in [6.45, 7) is 5.98. The number of rotatable bonds is 8. The number of imidazole rings is 1. The summed E-state index contributed by atoms with van der Waals surface area (Å²) >= 11 is 0. The van der Waals surface area contributed by atoms with Crippen LogP contribution in [0.3, 0.4) is 0 Å². The zero-order valence-electron chi connectivity index (χ0n) is 17.5. The van der Waals surface area contributed by atoms with Crippen LogP contribution < -0.4 is 5.32 Å². The van der Waals surface area contributed by atoms with Gasteiger partial charge in [-0.25, -0.2) is 4.98 Å². The molecule has 1 saturated heterocycles. The third kappa shape index (κ3) is 5.01. The van der Waals surface area contributed by atoms with Crippen molar-refractivity contribution in [3.63, 3.8) is 0 Å². The number of aryl methyl sites for hydroxylation is 1. The highest BCUT2D eigenvalue weighted by molar-refractivity contribution is 5.86. The summed E-state index contributed by atoms with van der Waals surface area (Å²) in [4.78, 5) is 22.5. The molecule has 0 amide bonds. The number of hydrogen-bond acceptors (Lipinski definition) is 8. The molecule has 0 aliphatic carbocycles. The predicted octanol–water partition coefficient (Wildman–Crippen LogP) is 1.41. The van der Waals surface area contributed by atoms with Crippen LogP contribution in [0.1, 0.15) is 21.7 Å². The summed E-state index contributed by atoms with van der Waals surface area (Å²) in [5.41, 5.74) is 3.29. The lowest BCUT2D eigenvalue weighted by molar-refractivity contribution is 0.0171. The van der Waals surface area contributed by atoms with Gasteiger partial charge in [0.2, 0.25) is 5.95 Å². The summed E-state index contributed by atoms with van der Waals surface area (Å²) in [5.74, 6) is 0.638. The first-order valence-electron chi connectivity index (χ1n) is 10.4. The van der Waals surface area contributed by atoms with E-state index in [9.17, 15) is 15.0 Å². The predicted molar refractivity (Wildman–Crippen MR) is 117 cm³/mol. The Labute approximate surface area is 180 Å². The fraction of sp³-hybridized carbons (Fsp3) is 0.409. The zero-order valence-corrected chi connectivity index (χ0v) is 17.5. The second kappa shape index (κ2) is 9.42. The molecule has 1 atom stereocenters. The van der Waals surface area contributed by atoms with Crippen LogP contribution >= 0.6 is 0 Å². The minimum atomic E-state index is -0.581. The quantitative estimate of drug-likeness (QED) is 0.465. The molecule has 0 saturated carbocycles. The molecular formula is C22H27N5O4. The topological polar surface area (TPSA) is 113 Å². The van der Waals surface area contributed by atoms with Gasteiger partial charge in [-0.1, -0.05) is 0 Å². The Kier molecular flexibility index (Phi) is 6.45. The molecule has 164 valence electrons. The molecular weight excluding hydrogens is 398 g/mol. The minimum absolute atomic E-state index is 0.0947. The molecule has 1 aromatic carbocycles. The van der Waals surface area contributed by atoms with Crippen molar-refractivity contribution < 1.29 is 19.7 Å². The fourth-order valence-corrected chi connectivity index (χ4v) is 3.73. The van der Waals surface area contributed by atoms with Crippen LogP contribution in [-0.4, -0.2) is 81.4 Å². The van der Waals surface area contributed by atoms with Crippen LogP contribution in [0.4, 0.5) is 5.95 Å². The van der Waals surface area contributed by atoms with Gasteiger partial charge in [-0.2, -0.15) is 0 Å². The van der Waals surface area contributed by atoms with Gasteiger partial charge in [0, 0.05) is 37.4 Å². The number of nitrogens with zero attached hydrogens (tertiary/aromatic N) is 4. The maximum Gasteiger partial charge on any atom is 0.204 e. The van der Waals surface area contributed by atoms with Gasteiger partial charge in [-0.15, -0.1) is 0 Å². The van der Waals surface area contributed by atoms with Crippen molar-refractivity contribution in [2.24, 2.45) is 0 Å². The molecule has 3 heterocycles.